The number of pyridine rings is 1. The molecule has 0 radical (unpaired) electrons. The van der Waals surface area contributed by atoms with E-state index in [9.17, 15) is 0 Å². The van der Waals surface area contributed by atoms with Crippen LogP contribution in [0.25, 0.3) is 26.9 Å². The van der Waals surface area contributed by atoms with Gasteiger partial charge in [-0.25, -0.2) is 0 Å². The molecule has 0 N–H and O–H groups in total. The molecular weight excluding hydrogens is 188 g/mol. The van der Waals surface area contributed by atoms with Crippen LogP contribution in [0.15, 0.2) is 48.2 Å². The number of azide groups is 1. The van der Waals surface area contributed by atoms with Crippen molar-refractivity contribution in [1.82, 2.24) is 4.98 Å². The summed E-state index contributed by atoms with van der Waals surface area (Å²) in [7, 11) is 0. The van der Waals surface area contributed by atoms with Gasteiger partial charge in [-0.2, -0.15) is 0 Å². The van der Waals surface area contributed by atoms with Gasteiger partial charge in [-0.05, 0) is 17.0 Å². The molecule has 0 atom stereocenters. The Morgan fingerprint density at radius 3 is 2.80 bits per heavy atom. The van der Waals surface area contributed by atoms with Gasteiger partial charge in [0.1, 0.15) is 0 Å². The van der Waals surface area contributed by atoms with E-state index in [1.165, 1.54) is 0 Å². The molecule has 0 saturated carbocycles. The van der Waals surface area contributed by atoms with Crippen molar-refractivity contribution in [2.24, 2.45) is 5.11 Å². The zero-order valence-electron chi connectivity index (χ0n) is 7.96. The molecule has 0 bridgehead atoms. The van der Waals surface area contributed by atoms with Crippen molar-refractivity contribution in [2.75, 3.05) is 0 Å². The van der Waals surface area contributed by atoms with Crippen LogP contribution in [0.1, 0.15) is 5.69 Å². The predicted molar refractivity (Wildman–Crippen MR) is 59.9 cm³/mol. The maximum atomic E-state index is 8.28. The van der Waals surface area contributed by atoms with Crippen molar-refractivity contribution in [2.45, 2.75) is 0 Å². The van der Waals surface area contributed by atoms with Gasteiger partial charge in [0, 0.05) is 16.5 Å². The maximum absolute atomic E-state index is 8.28. The van der Waals surface area contributed by atoms with Crippen LogP contribution in [0.4, 0.5) is 0 Å². The lowest BCUT2D eigenvalue weighted by molar-refractivity contribution is 1.28. The van der Waals surface area contributed by atoms with Crippen LogP contribution < -0.4 is 0 Å². The van der Waals surface area contributed by atoms with Gasteiger partial charge in [-0.15, -0.1) is 0 Å². The highest BCUT2D eigenvalue weighted by Crippen LogP contribution is 2.18. The second-order valence-electron chi connectivity index (χ2n) is 3.05. The second kappa shape index (κ2) is 3.82. The third-order valence-corrected chi connectivity index (χ3v) is 2.09. The first-order valence-corrected chi connectivity index (χ1v) is 4.40. The molecule has 4 heteroatoms. The lowest BCUT2D eigenvalue weighted by atomic mass is 10.1. The molecule has 1 aromatic carbocycles. The molecule has 0 fully saturated rings. The minimum absolute atomic E-state index is 0.336. The highest BCUT2D eigenvalue weighted by Gasteiger charge is 1.99. The molecule has 2 rings (SSSR count). The lowest BCUT2D eigenvalue weighted by Gasteiger charge is -2.00. The van der Waals surface area contributed by atoms with Gasteiger partial charge in [-0.1, -0.05) is 36.0 Å². The lowest BCUT2D eigenvalue weighted by Crippen LogP contribution is -1.85. The maximum Gasteiger partial charge on any atom is 0.0725 e. The first-order valence-electron chi connectivity index (χ1n) is 4.40. The fraction of sp³-hybridized carbons (Fsp3) is 0. The molecule has 0 amide bonds. The summed E-state index contributed by atoms with van der Waals surface area (Å²) < 4.78 is 0. The normalized spacial score (nSPS) is 9.60. The van der Waals surface area contributed by atoms with E-state index in [-0.39, 0.29) is 0 Å². The quantitative estimate of drug-likeness (QED) is 0.411. The molecule has 0 spiro atoms. The number of hydrogen-bond donors (Lipinski definition) is 0. The zero-order valence-corrected chi connectivity index (χ0v) is 7.96. The Hall–Kier alpha value is -2.32. The van der Waals surface area contributed by atoms with Gasteiger partial charge in [0.05, 0.1) is 11.4 Å². The summed E-state index contributed by atoms with van der Waals surface area (Å²) in [5.41, 5.74) is 9.22. The summed E-state index contributed by atoms with van der Waals surface area (Å²) in [6.07, 6.45) is 1.74. The van der Waals surface area contributed by atoms with E-state index in [1.807, 2.05) is 30.3 Å². The molecule has 0 unspecified atom stereocenters. The number of hydrogen-bond acceptors (Lipinski definition) is 2. The molecular formula is C11H8N4. The predicted octanol–water partition coefficient (Wildman–Crippen LogP) is 3.52. The molecule has 1 heterocycles. The molecule has 0 aliphatic carbocycles. The van der Waals surface area contributed by atoms with Crippen molar-refractivity contribution in [3.05, 3.63) is 59.2 Å². The molecule has 0 aliphatic rings. The highest BCUT2D eigenvalue weighted by atomic mass is 15.1. The van der Waals surface area contributed by atoms with E-state index in [0.29, 0.717) is 11.4 Å². The first kappa shape index (κ1) is 9.24. The van der Waals surface area contributed by atoms with E-state index in [0.717, 1.165) is 10.8 Å². The fourth-order valence-electron chi connectivity index (χ4n) is 1.35. The number of nitrogens with zero attached hydrogens (tertiary/aromatic N) is 4. The Labute approximate surface area is 86.5 Å². The molecule has 0 saturated heterocycles. The van der Waals surface area contributed by atoms with Gasteiger partial charge >= 0.3 is 0 Å². The SMILES string of the molecule is C=C(N=[N+]=[N-])c1cc2ccccc2cn1. The van der Waals surface area contributed by atoms with Gasteiger partial charge in [0.2, 0.25) is 0 Å². The van der Waals surface area contributed by atoms with Crippen molar-refractivity contribution >= 4 is 16.5 Å². The molecule has 72 valence electrons. The largest absolute Gasteiger partial charge is 0.256 e. The van der Waals surface area contributed by atoms with Crippen LogP contribution in [0.2, 0.25) is 0 Å². The van der Waals surface area contributed by atoms with Gasteiger partial charge in [-0.3, -0.25) is 4.98 Å². The Balaban J connectivity index is 2.56. The summed E-state index contributed by atoms with van der Waals surface area (Å²) in [5, 5.41) is 5.53. The fourth-order valence-corrected chi connectivity index (χ4v) is 1.35. The molecule has 4 nitrogen and oxygen atoms in total. The summed E-state index contributed by atoms with van der Waals surface area (Å²) >= 11 is 0. The van der Waals surface area contributed by atoms with Gasteiger partial charge in [0.25, 0.3) is 0 Å². The van der Waals surface area contributed by atoms with Crippen molar-refractivity contribution < 1.29 is 0 Å². The molecule has 15 heavy (non-hydrogen) atoms. The van der Waals surface area contributed by atoms with Crippen LogP contribution in [-0.4, -0.2) is 4.98 Å². The van der Waals surface area contributed by atoms with E-state index in [2.05, 4.69) is 21.6 Å². The standard InChI is InChI=1S/C11H8N4/c1-8(14-15-12)11-6-9-4-2-3-5-10(9)7-13-11/h2-7H,1H2. The molecule has 2 aromatic rings. The topological polar surface area (TPSA) is 61.7 Å². The monoisotopic (exact) mass is 196 g/mol. The zero-order chi connectivity index (χ0) is 10.7. The van der Waals surface area contributed by atoms with Crippen molar-refractivity contribution in [1.29, 1.82) is 0 Å². The second-order valence-corrected chi connectivity index (χ2v) is 3.05. The number of fused-ring (bicyclic) bond motifs is 1. The smallest absolute Gasteiger partial charge is 0.0725 e. The Bertz CT molecular complexity index is 568. The van der Waals surface area contributed by atoms with Gasteiger partial charge in [0.15, 0.2) is 0 Å². The van der Waals surface area contributed by atoms with E-state index >= 15 is 0 Å². The van der Waals surface area contributed by atoms with Crippen LogP contribution in [-0.2, 0) is 0 Å². The minimum Gasteiger partial charge on any atom is -0.256 e. The van der Waals surface area contributed by atoms with E-state index in [4.69, 9.17) is 5.53 Å². The number of benzene rings is 1. The summed E-state index contributed by atoms with van der Waals surface area (Å²) in [6, 6.07) is 9.70. The summed E-state index contributed by atoms with van der Waals surface area (Å²) in [4.78, 5) is 6.84. The average Bonchev–Trinajstić information content (AvgIpc) is 2.29. The average molecular weight is 196 g/mol. The number of rotatable bonds is 2. The van der Waals surface area contributed by atoms with E-state index in [1.54, 1.807) is 6.20 Å². The number of aromatic nitrogens is 1. The third-order valence-electron chi connectivity index (χ3n) is 2.09. The summed E-state index contributed by atoms with van der Waals surface area (Å²) in [6.45, 7) is 3.64. The van der Waals surface area contributed by atoms with Crippen LogP contribution >= 0.6 is 0 Å². The Morgan fingerprint density at radius 2 is 2.07 bits per heavy atom. The minimum atomic E-state index is 0.336. The van der Waals surface area contributed by atoms with Crippen LogP contribution in [0.3, 0.4) is 0 Å². The molecule has 1 aromatic heterocycles. The first-order chi connectivity index (χ1) is 7.31. The van der Waals surface area contributed by atoms with E-state index < -0.39 is 0 Å². The molecule has 0 aliphatic heterocycles. The van der Waals surface area contributed by atoms with Crippen LogP contribution in [0.5, 0.6) is 0 Å². The third kappa shape index (κ3) is 1.80. The Morgan fingerprint density at radius 1 is 1.33 bits per heavy atom. The van der Waals surface area contributed by atoms with Gasteiger partial charge < -0.3 is 0 Å². The highest BCUT2D eigenvalue weighted by molar-refractivity contribution is 5.84. The van der Waals surface area contributed by atoms with Crippen molar-refractivity contribution in [3.63, 3.8) is 0 Å². The summed E-state index contributed by atoms with van der Waals surface area (Å²) in [5.74, 6) is 0. The van der Waals surface area contributed by atoms with Crippen LogP contribution in [0, 0.1) is 0 Å². The van der Waals surface area contributed by atoms with Crippen molar-refractivity contribution in [3.8, 4) is 0 Å². The Kier molecular flexibility index (Phi) is 2.35.